The third-order valence-corrected chi connectivity index (χ3v) is 2.76. The van der Waals surface area contributed by atoms with E-state index < -0.39 is 11.4 Å². The van der Waals surface area contributed by atoms with E-state index in [2.05, 4.69) is 27.8 Å². The number of hydrogen-bond acceptors (Lipinski definition) is 2. The Morgan fingerprint density at radius 1 is 1.50 bits per heavy atom. The molecule has 1 atom stereocenters. The van der Waals surface area contributed by atoms with E-state index >= 15 is 0 Å². The minimum atomic E-state index is -0.877. The van der Waals surface area contributed by atoms with Gasteiger partial charge in [0.15, 0.2) is 0 Å². The highest BCUT2D eigenvalue weighted by atomic mass is 79.9. The second kappa shape index (κ2) is 5.27. The van der Waals surface area contributed by atoms with Gasteiger partial charge in [0, 0.05) is 11.0 Å². The monoisotopic (exact) mass is 282 g/mol. The van der Waals surface area contributed by atoms with E-state index in [0.717, 1.165) is 10.0 Å². The first-order valence-electron chi connectivity index (χ1n) is 4.90. The van der Waals surface area contributed by atoms with E-state index in [1.165, 1.54) is 0 Å². The number of hydrogen-bond donors (Lipinski definition) is 2. The van der Waals surface area contributed by atoms with Crippen LogP contribution >= 0.6 is 15.9 Å². The zero-order chi connectivity index (χ0) is 12.2. The molecule has 0 fully saturated rings. The maximum Gasteiger partial charge on any atom is 0.242 e. The van der Waals surface area contributed by atoms with Gasteiger partial charge in [0.2, 0.25) is 5.91 Å². The zero-order valence-corrected chi connectivity index (χ0v) is 10.8. The summed E-state index contributed by atoms with van der Waals surface area (Å²) >= 11 is 3.24. The van der Waals surface area contributed by atoms with Crippen molar-refractivity contribution in [2.45, 2.75) is 12.5 Å². The molecule has 1 aromatic rings. The first-order valence-corrected chi connectivity index (χ1v) is 5.70. The Hall–Kier alpha value is -1.13. The Kier molecular flexibility index (Phi) is 4.26. The Morgan fingerprint density at radius 3 is 2.50 bits per heavy atom. The lowest BCUT2D eigenvalue weighted by Crippen LogP contribution is -2.50. The molecule has 0 radical (unpaired) electrons. The van der Waals surface area contributed by atoms with Gasteiger partial charge in [0.1, 0.15) is 5.54 Å². The molecule has 86 valence electrons. The molecule has 1 rings (SSSR count). The highest BCUT2D eigenvalue weighted by Crippen LogP contribution is 2.20. The quantitative estimate of drug-likeness (QED) is 0.867. The molecule has 1 amide bonds. The number of amides is 1. The van der Waals surface area contributed by atoms with Crippen LogP contribution in [0, 0.1) is 0 Å². The summed E-state index contributed by atoms with van der Waals surface area (Å²) < 4.78 is 0.774. The van der Waals surface area contributed by atoms with Gasteiger partial charge in [0.25, 0.3) is 0 Å². The Morgan fingerprint density at radius 2 is 2.06 bits per heavy atom. The van der Waals surface area contributed by atoms with E-state index in [0.29, 0.717) is 6.54 Å². The van der Waals surface area contributed by atoms with Gasteiger partial charge in [-0.3, -0.25) is 10.1 Å². The first kappa shape index (κ1) is 12.9. The highest BCUT2D eigenvalue weighted by molar-refractivity contribution is 9.11. The summed E-state index contributed by atoms with van der Waals surface area (Å²) in [5.41, 5.74) is 5.41. The van der Waals surface area contributed by atoms with Gasteiger partial charge in [-0.1, -0.05) is 52.8 Å². The van der Waals surface area contributed by atoms with Crippen LogP contribution in [0.3, 0.4) is 0 Å². The lowest BCUT2D eigenvalue weighted by molar-refractivity contribution is -0.124. The molecule has 3 N–H and O–H groups in total. The molecule has 0 unspecified atom stereocenters. The van der Waals surface area contributed by atoms with Crippen molar-refractivity contribution in [3.05, 3.63) is 47.0 Å². The van der Waals surface area contributed by atoms with Crippen molar-refractivity contribution in [3.8, 4) is 0 Å². The fraction of sp³-hybridized carbons (Fsp3) is 0.250. The van der Waals surface area contributed by atoms with Crippen molar-refractivity contribution in [2.75, 3.05) is 6.54 Å². The number of halogens is 1. The minimum absolute atomic E-state index is 0.410. The number of carbonyl (C=O) groups is 1. The predicted octanol–water partition coefficient (Wildman–Crippen LogP) is 1.89. The van der Waals surface area contributed by atoms with Crippen molar-refractivity contribution < 1.29 is 4.79 Å². The lowest BCUT2D eigenvalue weighted by Gasteiger charge is -2.28. The molecular formula is C12H15BrN2O. The van der Waals surface area contributed by atoms with Crippen LogP contribution in [0.1, 0.15) is 12.5 Å². The summed E-state index contributed by atoms with van der Waals surface area (Å²) in [5, 5.41) is 3.09. The minimum Gasteiger partial charge on any atom is -0.368 e. The summed E-state index contributed by atoms with van der Waals surface area (Å²) in [6.45, 7) is 5.96. The molecule has 16 heavy (non-hydrogen) atoms. The maximum atomic E-state index is 11.5. The van der Waals surface area contributed by atoms with Gasteiger partial charge in [-0.15, -0.1) is 0 Å². The Balaban J connectivity index is 2.98. The number of benzene rings is 1. The molecule has 0 heterocycles. The Labute approximate surface area is 104 Å². The van der Waals surface area contributed by atoms with Crippen molar-refractivity contribution in [1.29, 1.82) is 0 Å². The smallest absolute Gasteiger partial charge is 0.242 e. The van der Waals surface area contributed by atoms with Crippen LogP contribution in [0.2, 0.25) is 0 Å². The molecule has 1 aromatic carbocycles. The lowest BCUT2D eigenvalue weighted by atomic mass is 9.91. The number of nitrogens with one attached hydrogen (secondary N) is 1. The van der Waals surface area contributed by atoms with Crippen LogP contribution < -0.4 is 11.1 Å². The van der Waals surface area contributed by atoms with Gasteiger partial charge in [-0.05, 0) is 12.5 Å². The van der Waals surface area contributed by atoms with Gasteiger partial charge >= 0.3 is 0 Å². The number of nitrogens with two attached hydrogens (primary N) is 1. The summed E-state index contributed by atoms with van der Waals surface area (Å²) in [5.74, 6) is -0.410. The topological polar surface area (TPSA) is 55.1 Å². The molecule has 0 aromatic heterocycles. The zero-order valence-electron chi connectivity index (χ0n) is 9.16. The molecule has 0 spiro atoms. The second-order valence-corrected chi connectivity index (χ2v) is 4.85. The third-order valence-electron chi connectivity index (χ3n) is 2.48. The fourth-order valence-electron chi connectivity index (χ4n) is 1.38. The standard InChI is InChI=1S/C12H15BrN2O/c1-9(13)8-15-12(2,11(14)16)10-6-4-3-5-7-10/h3-7,15H,1,8H2,2H3,(H2,14,16)/t12-/m1/s1. The van der Waals surface area contributed by atoms with E-state index in [1.54, 1.807) is 6.92 Å². The van der Waals surface area contributed by atoms with E-state index in [9.17, 15) is 4.79 Å². The molecule has 0 bridgehead atoms. The second-order valence-electron chi connectivity index (χ2n) is 3.73. The van der Waals surface area contributed by atoms with Crippen LogP contribution in [0.4, 0.5) is 0 Å². The van der Waals surface area contributed by atoms with Crippen LogP contribution in [0.25, 0.3) is 0 Å². The molecule has 0 aliphatic rings. The predicted molar refractivity (Wildman–Crippen MR) is 69.1 cm³/mol. The fourth-order valence-corrected chi connectivity index (χ4v) is 1.52. The van der Waals surface area contributed by atoms with Crippen LogP contribution in [-0.4, -0.2) is 12.5 Å². The van der Waals surface area contributed by atoms with Crippen LogP contribution in [-0.2, 0) is 10.3 Å². The number of primary amides is 1. The molecule has 0 aliphatic carbocycles. The molecule has 0 saturated heterocycles. The van der Waals surface area contributed by atoms with E-state index in [4.69, 9.17) is 5.73 Å². The Bertz CT molecular complexity index is 391. The average Bonchev–Trinajstić information content (AvgIpc) is 2.26. The van der Waals surface area contributed by atoms with Crippen molar-refractivity contribution in [2.24, 2.45) is 5.73 Å². The number of carbonyl (C=O) groups excluding carboxylic acids is 1. The average molecular weight is 283 g/mol. The van der Waals surface area contributed by atoms with E-state index in [1.807, 2.05) is 30.3 Å². The van der Waals surface area contributed by atoms with Crippen LogP contribution in [0.5, 0.6) is 0 Å². The summed E-state index contributed by atoms with van der Waals surface area (Å²) in [6.07, 6.45) is 0. The van der Waals surface area contributed by atoms with Crippen molar-refractivity contribution in [3.63, 3.8) is 0 Å². The third kappa shape index (κ3) is 2.93. The normalized spacial score (nSPS) is 14.1. The molecule has 0 aliphatic heterocycles. The maximum absolute atomic E-state index is 11.5. The highest BCUT2D eigenvalue weighted by Gasteiger charge is 2.32. The molecule has 3 nitrogen and oxygen atoms in total. The van der Waals surface area contributed by atoms with E-state index in [-0.39, 0.29) is 0 Å². The van der Waals surface area contributed by atoms with Gasteiger partial charge in [-0.2, -0.15) is 0 Å². The molecule has 4 heteroatoms. The van der Waals surface area contributed by atoms with Gasteiger partial charge < -0.3 is 5.73 Å². The SMILES string of the molecule is C=C(Br)CN[C@@](C)(C(N)=O)c1ccccc1. The van der Waals surface area contributed by atoms with Gasteiger partial charge in [0.05, 0.1) is 0 Å². The van der Waals surface area contributed by atoms with Crippen molar-refractivity contribution in [1.82, 2.24) is 5.32 Å². The summed E-state index contributed by atoms with van der Waals surface area (Å²) in [7, 11) is 0. The van der Waals surface area contributed by atoms with Crippen LogP contribution in [0.15, 0.2) is 41.4 Å². The number of rotatable bonds is 5. The summed E-state index contributed by atoms with van der Waals surface area (Å²) in [6, 6.07) is 9.39. The first-order chi connectivity index (χ1) is 7.47. The van der Waals surface area contributed by atoms with Gasteiger partial charge in [-0.25, -0.2) is 0 Å². The largest absolute Gasteiger partial charge is 0.368 e. The molecular weight excluding hydrogens is 268 g/mol. The summed E-state index contributed by atoms with van der Waals surface area (Å²) in [4.78, 5) is 11.5. The molecule has 0 saturated carbocycles. The van der Waals surface area contributed by atoms with Crippen molar-refractivity contribution >= 4 is 21.8 Å².